The van der Waals surface area contributed by atoms with Gasteiger partial charge in [0.2, 0.25) is 0 Å². The Morgan fingerprint density at radius 2 is 1.68 bits per heavy atom. The van der Waals surface area contributed by atoms with Crippen molar-refractivity contribution in [1.29, 1.82) is 0 Å². The fraction of sp³-hybridized carbons (Fsp3) is 0.750. The Hall–Kier alpha value is -1.17. The number of morpholine rings is 1. The Balaban J connectivity index is 1.49. The minimum atomic E-state index is 0.103. The van der Waals surface area contributed by atoms with Crippen molar-refractivity contribution in [3.05, 3.63) is 34.2 Å². The number of aromatic nitrogens is 1. The lowest BCUT2D eigenvalue weighted by Crippen LogP contribution is -2.47. The van der Waals surface area contributed by atoms with Crippen molar-refractivity contribution in [2.24, 2.45) is 12.5 Å². The number of aryl methyl sites for hydroxylation is 1. The summed E-state index contributed by atoms with van der Waals surface area (Å²) in [7, 11) is 1.81. The smallest absolute Gasteiger partial charge is 0.250 e. The highest BCUT2D eigenvalue weighted by Gasteiger charge is 2.28. The van der Waals surface area contributed by atoms with Gasteiger partial charge in [-0.3, -0.25) is 9.69 Å². The van der Waals surface area contributed by atoms with E-state index in [0.29, 0.717) is 11.3 Å². The number of hydrogen-bond acceptors (Lipinski definition) is 4. The number of likely N-dealkylation sites (tertiary alicyclic amines) is 1. The Morgan fingerprint density at radius 1 is 1.08 bits per heavy atom. The summed E-state index contributed by atoms with van der Waals surface area (Å²) in [6, 6.07) is 3.94. The summed E-state index contributed by atoms with van der Waals surface area (Å²) in [5.74, 6) is 0.535. The first kappa shape index (κ1) is 18.6. The van der Waals surface area contributed by atoms with E-state index in [1.165, 1.54) is 5.56 Å². The zero-order chi connectivity index (χ0) is 17.9. The Morgan fingerprint density at radius 3 is 2.28 bits per heavy atom. The van der Waals surface area contributed by atoms with Gasteiger partial charge in [-0.25, -0.2) is 0 Å². The van der Waals surface area contributed by atoms with Crippen LogP contribution in [0.3, 0.4) is 0 Å². The lowest BCUT2D eigenvalue weighted by Gasteiger charge is -2.40. The van der Waals surface area contributed by atoms with Crippen molar-refractivity contribution in [2.45, 2.75) is 32.6 Å². The van der Waals surface area contributed by atoms with Gasteiger partial charge in [0.05, 0.1) is 13.2 Å². The molecule has 2 saturated heterocycles. The van der Waals surface area contributed by atoms with Crippen LogP contribution in [-0.2, 0) is 11.8 Å². The third-order valence-electron chi connectivity index (χ3n) is 5.59. The van der Waals surface area contributed by atoms with E-state index < -0.39 is 0 Å². The first-order chi connectivity index (χ1) is 11.9. The van der Waals surface area contributed by atoms with Crippen LogP contribution < -0.4 is 5.56 Å². The summed E-state index contributed by atoms with van der Waals surface area (Å²) in [6.45, 7) is 13.2. The maximum Gasteiger partial charge on any atom is 0.250 e. The van der Waals surface area contributed by atoms with Gasteiger partial charge in [0, 0.05) is 45.5 Å². The Bertz CT molecular complexity index is 612. The molecule has 0 saturated carbocycles. The third kappa shape index (κ3) is 5.16. The lowest BCUT2D eigenvalue weighted by atomic mass is 9.87. The molecule has 2 fully saturated rings. The predicted molar refractivity (Wildman–Crippen MR) is 101 cm³/mol. The monoisotopic (exact) mass is 347 g/mol. The molecule has 1 aromatic heterocycles. The van der Waals surface area contributed by atoms with Crippen LogP contribution in [0.1, 0.15) is 38.2 Å². The van der Waals surface area contributed by atoms with E-state index in [4.69, 9.17) is 4.74 Å². The first-order valence-electron chi connectivity index (χ1n) is 9.62. The summed E-state index contributed by atoms with van der Waals surface area (Å²) >= 11 is 0. The molecule has 3 rings (SSSR count). The molecular weight excluding hydrogens is 314 g/mol. The first-order valence-corrected chi connectivity index (χ1v) is 9.62. The molecule has 2 aliphatic rings. The van der Waals surface area contributed by atoms with E-state index in [1.54, 1.807) is 4.57 Å². The molecule has 0 unspecified atom stereocenters. The van der Waals surface area contributed by atoms with Crippen molar-refractivity contribution in [2.75, 3.05) is 52.5 Å². The van der Waals surface area contributed by atoms with E-state index in [-0.39, 0.29) is 5.56 Å². The van der Waals surface area contributed by atoms with E-state index in [2.05, 4.69) is 29.7 Å². The van der Waals surface area contributed by atoms with Crippen molar-refractivity contribution < 1.29 is 4.74 Å². The molecule has 0 amide bonds. The highest BCUT2D eigenvalue weighted by Crippen LogP contribution is 2.29. The molecule has 1 aromatic rings. The van der Waals surface area contributed by atoms with Crippen LogP contribution in [0.25, 0.3) is 0 Å². The van der Waals surface area contributed by atoms with Gasteiger partial charge in [0.15, 0.2) is 0 Å². The van der Waals surface area contributed by atoms with Gasteiger partial charge in [-0.15, -0.1) is 0 Å². The zero-order valence-corrected chi connectivity index (χ0v) is 16.0. The summed E-state index contributed by atoms with van der Waals surface area (Å²) in [6.07, 6.45) is 4.21. The van der Waals surface area contributed by atoms with Crippen LogP contribution in [0, 0.1) is 5.41 Å². The molecule has 5 nitrogen and oxygen atoms in total. The van der Waals surface area contributed by atoms with Crippen LogP contribution in [0.2, 0.25) is 0 Å². The number of piperidine rings is 1. The molecule has 0 aliphatic carbocycles. The quantitative estimate of drug-likeness (QED) is 0.816. The number of ether oxygens (including phenoxy) is 1. The number of hydrogen-bond donors (Lipinski definition) is 0. The van der Waals surface area contributed by atoms with Gasteiger partial charge in [-0.2, -0.15) is 0 Å². The molecule has 0 atom stereocenters. The molecule has 0 radical (unpaired) electrons. The van der Waals surface area contributed by atoms with Gasteiger partial charge in [0.1, 0.15) is 0 Å². The molecule has 0 bridgehead atoms. The summed E-state index contributed by atoms with van der Waals surface area (Å²) in [5, 5.41) is 0. The molecule has 25 heavy (non-hydrogen) atoms. The largest absolute Gasteiger partial charge is 0.379 e. The average molecular weight is 348 g/mol. The van der Waals surface area contributed by atoms with Crippen molar-refractivity contribution in [3.8, 4) is 0 Å². The summed E-state index contributed by atoms with van der Waals surface area (Å²) in [4.78, 5) is 17.0. The van der Waals surface area contributed by atoms with Gasteiger partial charge < -0.3 is 14.2 Å². The summed E-state index contributed by atoms with van der Waals surface area (Å²) in [5.41, 5.74) is 1.62. The van der Waals surface area contributed by atoms with Gasteiger partial charge >= 0.3 is 0 Å². The van der Waals surface area contributed by atoms with Gasteiger partial charge in [0.25, 0.3) is 5.56 Å². The van der Waals surface area contributed by atoms with Crippen molar-refractivity contribution >= 4 is 0 Å². The molecule has 5 heteroatoms. The Kier molecular flexibility index (Phi) is 5.97. The van der Waals surface area contributed by atoms with Crippen molar-refractivity contribution in [3.63, 3.8) is 0 Å². The maximum atomic E-state index is 11.9. The highest BCUT2D eigenvalue weighted by molar-refractivity contribution is 5.17. The van der Waals surface area contributed by atoms with Crippen molar-refractivity contribution in [1.82, 2.24) is 14.4 Å². The minimum Gasteiger partial charge on any atom is -0.379 e. The molecule has 140 valence electrons. The van der Waals surface area contributed by atoms with Gasteiger partial charge in [-0.05, 0) is 48.9 Å². The molecule has 3 heterocycles. The normalized spacial score (nSPS) is 21.6. The van der Waals surface area contributed by atoms with E-state index in [9.17, 15) is 4.79 Å². The van der Waals surface area contributed by atoms with Crippen LogP contribution in [-0.4, -0.2) is 66.8 Å². The minimum absolute atomic E-state index is 0.103. The second-order valence-electron chi connectivity index (χ2n) is 8.51. The predicted octanol–water partition coefficient (Wildman–Crippen LogP) is 1.92. The zero-order valence-electron chi connectivity index (χ0n) is 16.0. The fourth-order valence-electron chi connectivity index (χ4n) is 4.26. The standard InChI is InChI=1S/C20H33N3O2/c1-20(2,16-23-10-12-25-13-11-23)15-22-8-5-17(6-9-22)18-4-7-21(3)19(24)14-18/h4,7,14,17H,5-6,8-13,15-16H2,1-3H3. The summed E-state index contributed by atoms with van der Waals surface area (Å²) < 4.78 is 7.10. The SMILES string of the molecule is Cn1ccc(C2CCN(CC(C)(C)CN3CCOCC3)CC2)cc1=O. The molecular formula is C20H33N3O2. The maximum absolute atomic E-state index is 11.9. The second kappa shape index (κ2) is 8.02. The number of rotatable bonds is 5. The van der Waals surface area contributed by atoms with Crippen LogP contribution >= 0.6 is 0 Å². The van der Waals surface area contributed by atoms with Crippen LogP contribution in [0.4, 0.5) is 0 Å². The molecule has 0 N–H and O–H groups in total. The van der Waals surface area contributed by atoms with E-state index in [0.717, 1.165) is 65.3 Å². The average Bonchev–Trinajstić information content (AvgIpc) is 2.58. The topological polar surface area (TPSA) is 37.7 Å². The molecule has 2 aliphatic heterocycles. The van der Waals surface area contributed by atoms with Gasteiger partial charge in [-0.1, -0.05) is 13.8 Å². The second-order valence-corrected chi connectivity index (χ2v) is 8.51. The Labute approximate surface area is 151 Å². The third-order valence-corrected chi connectivity index (χ3v) is 5.59. The van der Waals surface area contributed by atoms with E-state index >= 15 is 0 Å². The number of pyridine rings is 1. The number of nitrogens with zero attached hydrogens (tertiary/aromatic N) is 3. The fourth-order valence-corrected chi connectivity index (χ4v) is 4.26. The van der Waals surface area contributed by atoms with E-state index in [1.807, 2.05) is 19.3 Å². The molecule has 0 aromatic carbocycles. The highest BCUT2D eigenvalue weighted by atomic mass is 16.5. The van der Waals surface area contributed by atoms with Crippen LogP contribution in [0.5, 0.6) is 0 Å². The molecule has 0 spiro atoms. The lowest BCUT2D eigenvalue weighted by molar-refractivity contribution is 0.0135. The van der Waals surface area contributed by atoms with Crippen LogP contribution in [0.15, 0.2) is 23.1 Å².